The third-order valence-electron chi connectivity index (χ3n) is 1.25. The van der Waals surface area contributed by atoms with E-state index in [2.05, 4.69) is 10.3 Å². The van der Waals surface area contributed by atoms with Crippen molar-refractivity contribution in [2.75, 3.05) is 11.1 Å². The predicted molar refractivity (Wildman–Crippen MR) is 59.6 cm³/mol. The van der Waals surface area contributed by atoms with Crippen LogP contribution in [0.1, 0.15) is 0 Å². The second kappa shape index (κ2) is 7.37. The molecule has 0 aliphatic carbocycles. The summed E-state index contributed by atoms with van der Waals surface area (Å²) < 4.78 is 30.6. The van der Waals surface area contributed by atoms with Gasteiger partial charge in [-0.15, -0.1) is 0 Å². The number of nitro groups is 1. The fourth-order valence-electron chi connectivity index (χ4n) is 0.689. The maximum atomic E-state index is 11.1. The van der Waals surface area contributed by atoms with Crippen molar-refractivity contribution in [1.82, 2.24) is 4.98 Å². The number of hydrogen-bond acceptors (Lipinski definition) is 9. The van der Waals surface area contributed by atoms with Crippen molar-refractivity contribution in [2.45, 2.75) is 0 Å². The Morgan fingerprint density at radius 1 is 1.61 bits per heavy atom. The summed E-state index contributed by atoms with van der Waals surface area (Å²) in [5.41, 5.74) is 0. The minimum absolute atomic E-state index is 0. The molecule has 0 saturated heterocycles. The van der Waals surface area contributed by atoms with E-state index in [9.17, 15) is 27.9 Å². The van der Waals surface area contributed by atoms with Gasteiger partial charge in [0.15, 0.2) is 5.13 Å². The minimum Gasteiger partial charge on any atom is -0.739 e. The van der Waals surface area contributed by atoms with Crippen molar-refractivity contribution in [2.24, 2.45) is 0 Å². The molecule has 1 aromatic heterocycles. The fraction of sp³-hybridized carbons (Fsp3) is 0.200. The predicted octanol–water partition coefficient (Wildman–Crippen LogP) is -2.81. The summed E-state index contributed by atoms with van der Waals surface area (Å²) in [4.78, 5) is 24.2. The second-order valence-electron chi connectivity index (χ2n) is 2.48. The monoisotopic (exact) mass is 321 g/mol. The van der Waals surface area contributed by atoms with Gasteiger partial charge in [0.05, 0.1) is 10.7 Å². The molecule has 0 aliphatic heterocycles. The second-order valence-corrected chi connectivity index (χ2v) is 6.76. The summed E-state index contributed by atoms with van der Waals surface area (Å²) >= 11 is 0.624. The number of rotatable bonds is 5. The van der Waals surface area contributed by atoms with Gasteiger partial charge in [-0.3, -0.25) is 14.9 Å². The molecular weight excluding hydrogens is 317 g/mol. The third-order valence-corrected chi connectivity index (χ3v) is 4.01. The van der Waals surface area contributed by atoms with Crippen LogP contribution in [0.25, 0.3) is 0 Å². The first-order valence-corrected chi connectivity index (χ1v) is 7.51. The van der Waals surface area contributed by atoms with Gasteiger partial charge in [0, 0.05) is 0 Å². The summed E-state index contributed by atoms with van der Waals surface area (Å²) in [7, 11) is -4.62. The zero-order valence-electron chi connectivity index (χ0n) is 8.85. The van der Waals surface area contributed by atoms with E-state index in [1.807, 2.05) is 0 Å². The maximum absolute atomic E-state index is 11.1. The number of nitrogens with zero attached hydrogens (tertiary/aromatic N) is 2. The Kier molecular flexibility index (Phi) is 7.28. The van der Waals surface area contributed by atoms with E-state index in [0.717, 1.165) is 6.20 Å². The van der Waals surface area contributed by atoms with E-state index in [-0.39, 0.29) is 50.5 Å². The number of aromatic nitrogens is 1. The zero-order chi connectivity index (χ0) is 13.1. The van der Waals surface area contributed by atoms with Crippen molar-refractivity contribution in [3.63, 3.8) is 0 Å². The zero-order valence-corrected chi connectivity index (χ0v) is 13.3. The Bertz CT molecular complexity index is 542. The van der Waals surface area contributed by atoms with Crippen molar-refractivity contribution < 1.29 is 52.2 Å². The first-order valence-electron chi connectivity index (χ1n) is 3.78. The van der Waals surface area contributed by atoms with Gasteiger partial charge < -0.3 is 9.87 Å². The molecule has 0 radical (unpaired) electrons. The van der Waals surface area contributed by atoms with Crippen LogP contribution in [0.5, 0.6) is 0 Å². The van der Waals surface area contributed by atoms with Crippen molar-refractivity contribution in [3.8, 4) is 0 Å². The molecule has 94 valence electrons. The molecule has 0 spiro atoms. The van der Waals surface area contributed by atoms with Gasteiger partial charge in [0.25, 0.3) is 0 Å². The molecule has 0 atom stereocenters. The van der Waals surface area contributed by atoms with E-state index in [4.69, 9.17) is 0 Å². The van der Waals surface area contributed by atoms with Gasteiger partial charge in [0.2, 0.25) is 5.91 Å². The number of hydrogen-bond donors (Lipinski definition) is 1. The largest absolute Gasteiger partial charge is 1.00 e. The van der Waals surface area contributed by atoms with Gasteiger partial charge in [0.1, 0.15) is 15.3 Å². The van der Waals surface area contributed by atoms with Crippen LogP contribution in [-0.4, -0.2) is 34.5 Å². The number of amides is 1. The molecule has 9 nitrogen and oxygen atoms in total. The summed E-state index contributed by atoms with van der Waals surface area (Å²) in [6, 6.07) is 0. The average molecular weight is 321 g/mol. The topological polar surface area (TPSA) is 142 Å². The number of carbonyl (C=O) groups excluding carboxylic acids is 1. The van der Waals surface area contributed by atoms with Crippen LogP contribution in [0.15, 0.2) is 6.20 Å². The molecule has 0 aliphatic rings. The van der Waals surface area contributed by atoms with Gasteiger partial charge in [-0.05, 0) is 22.1 Å². The Labute approximate surface area is 131 Å². The Balaban J connectivity index is 0.00000289. The summed E-state index contributed by atoms with van der Waals surface area (Å²) in [5.74, 6) is -1.38. The maximum Gasteiger partial charge on any atom is 1.00 e. The average Bonchev–Trinajstić information content (AvgIpc) is 2.62. The molecular formula is C5H4N3NaO6S3. The van der Waals surface area contributed by atoms with Crippen LogP contribution in [0.4, 0.5) is 10.1 Å². The minimum atomic E-state index is -4.54. The van der Waals surface area contributed by atoms with Crippen LogP contribution in [0, 0.1) is 10.1 Å². The Morgan fingerprint density at radius 2 is 2.22 bits per heavy atom. The first kappa shape index (κ1) is 17.8. The molecule has 1 N–H and O–H groups in total. The number of nitrogens with one attached hydrogen (secondary N) is 1. The summed E-state index contributed by atoms with van der Waals surface area (Å²) in [5, 5.41) is 12.1. The van der Waals surface area contributed by atoms with E-state index in [1.54, 1.807) is 0 Å². The van der Waals surface area contributed by atoms with Gasteiger partial charge >= 0.3 is 34.6 Å². The Morgan fingerprint density at radius 3 is 2.67 bits per heavy atom. The molecule has 1 amide bonds. The van der Waals surface area contributed by atoms with Crippen LogP contribution in [-0.2, 0) is 13.9 Å². The molecule has 13 heteroatoms. The molecule has 0 unspecified atom stereocenters. The molecule has 0 saturated carbocycles. The molecule has 1 heterocycles. The quantitative estimate of drug-likeness (QED) is 0.201. The standard InChI is InChI=1S/C5H5N3O6S3.Na/c9-3(2-15-17(12,13)14)7-5-6-1-4(16-5)8(10)11;/h1H,2H2,(H,6,7,9)(H,12,13,14);/q;+1/p-1. The normalized spacial score (nSPS) is 10.5. The number of carbonyl (C=O) groups is 1. The van der Waals surface area contributed by atoms with E-state index in [1.165, 1.54) is 0 Å². The van der Waals surface area contributed by atoms with E-state index < -0.39 is 25.7 Å². The third kappa shape index (κ3) is 6.63. The summed E-state index contributed by atoms with van der Waals surface area (Å²) in [6.45, 7) is 0. The molecule has 0 bridgehead atoms. The van der Waals surface area contributed by atoms with Gasteiger partial charge in [-0.1, -0.05) is 0 Å². The van der Waals surface area contributed by atoms with Crippen LogP contribution in [0.2, 0.25) is 0 Å². The van der Waals surface area contributed by atoms with Crippen LogP contribution >= 0.6 is 22.1 Å². The van der Waals surface area contributed by atoms with Crippen molar-refractivity contribution in [3.05, 3.63) is 16.3 Å². The van der Waals surface area contributed by atoms with Crippen LogP contribution < -0.4 is 34.9 Å². The molecule has 0 aromatic carbocycles. The van der Waals surface area contributed by atoms with E-state index in [0.29, 0.717) is 11.3 Å². The van der Waals surface area contributed by atoms with Gasteiger partial charge in [-0.25, -0.2) is 13.4 Å². The number of thiazole rings is 1. The first-order chi connectivity index (χ1) is 7.78. The van der Waals surface area contributed by atoms with E-state index >= 15 is 0 Å². The molecule has 0 fully saturated rings. The van der Waals surface area contributed by atoms with Gasteiger partial charge in [-0.2, -0.15) is 0 Å². The van der Waals surface area contributed by atoms with Crippen molar-refractivity contribution in [1.29, 1.82) is 0 Å². The molecule has 18 heavy (non-hydrogen) atoms. The smallest absolute Gasteiger partial charge is 0.739 e. The van der Waals surface area contributed by atoms with Crippen LogP contribution in [0.3, 0.4) is 0 Å². The molecule has 1 rings (SSSR count). The Hall–Kier alpha value is -0.240. The molecule has 1 aromatic rings. The number of anilines is 1. The van der Waals surface area contributed by atoms with Crippen molar-refractivity contribution >= 4 is 47.3 Å². The summed E-state index contributed by atoms with van der Waals surface area (Å²) in [6.07, 6.45) is 0.956. The fourth-order valence-corrected chi connectivity index (χ4v) is 2.41. The SMILES string of the molecule is O=C(CSS(=O)(=O)[O-])Nc1ncc([N+](=O)[O-])s1.[Na+].